The van der Waals surface area contributed by atoms with Crippen LogP contribution >= 0.6 is 23.2 Å². The molecule has 1 N–H and O–H groups in total. The molecule has 3 rings (SSSR count). The Bertz CT molecular complexity index is 899. The van der Waals surface area contributed by atoms with E-state index in [1.165, 1.54) is 12.1 Å². The van der Waals surface area contributed by atoms with Gasteiger partial charge in [-0.15, -0.1) is 0 Å². The molecule has 1 aliphatic heterocycles. The molecule has 0 radical (unpaired) electrons. The number of rotatable bonds is 5. The Hall–Kier alpha value is -1.60. The standard InChI is InChI=1S/C17H16Cl2N2O3S/c18-13-4-3-12(16(19)10-13)11-20-25(23,24)15-7-5-14(6-8-15)21-9-1-2-17(21)22/h3-8,10,20H,1-2,9,11H2. The van der Waals surface area contributed by atoms with Gasteiger partial charge in [0.1, 0.15) is 0 Å². The first-order valence-corrected chi connectivity index (χ1v) is 9.95. The van der Waals surface area contributed by atoms with Crippen LogP contribution in [0.15, 0.2) is 47.4 Å². The van der Waals surface area contributed by atoms with Gasteiger partial charge < -0.3 is 4.90 Å². The molecule has 1 saturated heterocycles. The summed E-state index contributed by atoms with van der Waals surface area (Å²) in [7, 11) is -3.68. The summed E-state index contributed by atoms with van der Waals surface area (Å²) in [6, 6.07) is 11.2. The second-order valence-corrected chi connectivity index (χ2v) is 8.31. The van der Waals surface area contributed by atoms with Crippen molar-refractivity contribution < 1.29 is 13.2 Å². The molecule has 2 aromatic rings. The SMILES string of the molecule is O=C1CCCN1c1ccc(S(=O)(=O)NCc2ccc(Cl)cc2Cl)cc1. The first-order valence-electron chi connectivity index (χ1n) is 7.71. The zero-order valence-electron chi connectivity index (χ0n) is 13.2. The summed E-state index contributed by atoms with van der Waals surface area (Å²) < 4.78 is 27.4. The molecule has 1 aliphatic rings. The zero-order valence-corrected chi connectivity index (χ0v) is 15.5. The molecule has 5 nitrogen and oxygen atoms in total. The lowest BCUT2D eigenvalue weighted by atomic mass is 10.2. The molecule has 0 bridgehead atoms. The molecule has 25 heavy (non-hydrogen) atoms. The lowest BCUT2D eigenvalue weighted by molar-refractivity contribution is -0.117. The van der Waals surface area contributed by atoms with Crippen LogP contribution in [0.2, 0.25) is 10.0 Å². The summed E-state index contributed by atoms with van der Waals surface area (Å²) in [5.41, 5.74) is 1.34. The van der Waals surface area contributed by atoms with Crippen LogP contribution in [0.25, 0.3) is 0 Å². The van der Waals surface area contributed by atoms with Crippen LogP contribution in [-0.2, 0) is 21.4 Å². The van der Waals surface area contributed by atoms with Gasteiger partial charge in [0.25, 0.3) is 0 Å². The Kier molecular flexibility index (Phi) is 5.34. The van der Waals surface area contributed by atoms with E-state index >= 15 is 0 Å². The quantitative estimate of drug-likeness (QED) is 0.836. The number of sulfonamides is 1. The van der Waals surface area contributed by atoms with Crippen LogP contribution in [0.5, 0.6) is 0 Å². The van der Waals surface area contributed by atoms with E-state index < -0.39 is 10.0 Å². The molecule has 0 aliphatic carbocycles. The number of benzene rings is 2. The topological polar surface area (TPSA) is 66.5 Å². The van der Waals surface area contributed by atoms with Crippen LogP contribution < -0.4 is 9.62 Å². The molecule has 0 spiro atoms. The highest BCUT2D eigenvalue weighted by Crippen LogP contribution is 2.24. The van der Waals surface area contributed by atoms with E-state index in [1.807, 2.05) is 0 Å². The molecule has 0 atom stereocenters. The molecule has 8 heteroatoms. The predicted octanol–water partition coefficient (Wildman–Crippen LogP) is 3.60. The molecule has 1 heterocycles. The first kappa shape index (κ1) is 18.2. The Morgan fingerprint density at radius 2 is 1.80 bits per heavy atom. The van der Waals surface area contributed by atoms with Gasteiger partial charge in [0.05, 0.1) is 4.90 Å². The summed E-state index contributed by atoms with van der Waals surface area (Å²) in [4.78, 5) is 13.5. The van der Waals surface area contributed by atoms with E-state index in [4.69, 9.17) is 23.2 Å². The lowest BCUT2D eigenvalue weighted by Gasteiger charge is -2.16. The average Bonchev–Trinajstić information content (AvgIpc) is 3.00. The molecule has 2 aromatic carbocycles. The van der Waals surface area contributed by atoms with E-state index in [2.05, 4.69) is 4.72 Å². The fraction of sp³-hybridized carbons (Fsp3) is 0.235. The predicted molar refractivity (Wildman–Crippen MR) is 98.5 cm³/mol. The molecule has 0 saturated carbocycles. The molecule has 0 aromatic heterocycles. The Morgan fingerprint density at radius 1 is 1.08 bits per heavy atom. The monoisotopic (exact) mass is 398 g/mol. The summed E-state index contributed by atoms with van der Waals surface area (Å²) in [6.45, 7) is 0.725. The minimum absolute atomic E-state index is 0.0602. The van der Waals surface area contributed by atoms with Gasteiger partial charge >= 0.3 is 0 Å². The van der Waals surface area contributed by atoms with E-state index in [9.17, 15) is 13.2 Å². The van der Waals surface area contributed by atoms with Crippen LogP contribution in [-0.4, -0.2) is 20.9 Å². The van der Waals surface area contributed by atoms with Crippen molar-refractivity contribution in [2.75, 3.05) is 11.4 Å². The zero-order chi connectivity index (χ0) is 18.0. The van der Waals surface area contributed by atoms with E-state index in [0.717, 1.165) is 6.42 Å². The van der Waals surface area contributed by atoms with Crippen molar-refractivity contribution in [3.63, 3.8) is 0 Å². The van der Waals surface area contributed by atoms with Crippen molar-refractivity contribution in [3.05, 3.63) is 58.1 Å². The fourth-order valence-electron chi connectivity index (χ4n) is 2.65. The van der Waals surface area contributed by atoms with Crippen molar-refractivity contribution in [2.45, 2.75) is 24.3 Å². The van der Waals surface area contributed by atoms with Crippen LogP contribution in [0.1, 0.15) is 18.4 Å². The van der Waals surface area contributed by atoms with Gasteiger partial charge in [-0.05, 0) is 48.4 Å². The minimum atomic E-state index is -3.68. The van der Waals surface area contributed by atoms with Crippen molar-refractivity contribution in [3.8, 4) is 0 Å². The highest BCUT2D eigenvalue weighted by atomic mass is 35.5. The van der Waals surface area contributed by atoms with E-state index in [0.29, 0.717) is 34.3 Å². The first-order chi connectivity index (χ1) is 11.9. The average molecular weight is 399 g/mol. The molecule has 132 valence electrons. The molecule has 1 amide bonds. The number of carbonyl (C=O) groups is 1. The number of nitrogens with one attached hydrogen (secondary N) is 1. The van der Waals surface area contributed by atoms with E-state index in [-0.39, 0.29) is 17.3 Å². The van der Waals surface area contributed by atoms with Crippen molar-refractivity contribution in [1.82, 2.24) is 4.72 Å². The van der Waals surface area contributed by atoms with Crippen molar-refractivity contribution in [2.24, 2.45) is 0 Å². The number of halogens is 2. The van der Waals surface area contributed by atoms with Gasteiger partial charge in [-0.3, -0.25) is 4.79 Å². The van der Waals surface area contributed by atoms with Gasteiger partial charge in [0, 0.05) is 35.2 Å². The molecular formula is C17H16Cl2N2O3S. The minimum Gasteiger partial charge on any atom is -0.312 e. The van der Waals surface area contributed by atoms with Gasteiger partial charge in [-0.25, -0.2) is 13.1 Å². The normalized spacial score (nSPS) is 15.0. The highest BCUT2D eigenvalue weighted by molar-refractivity contribution is 7.89. The van der Waals surface area contributed by atoms with Gasteiger partial charge in [-0.1, -0.05) is 29.3 Å². The number of anilines is 1. The van der Waals surface area contributed by atoms with Crippen LogP contribution in [0.3, 0.4) is 0 Å². The van der Waals surface area contributed by atoms with Gasteiger partial charge in [-0.2, -0.15) is 0 Å². The Balaban J connectivity index is 1.72. The number of nitrogens with zero attached hydrogens (tertiary/aromatic N) is 1. The maximum atomic E-state index is 12.4. The summed E-state index contributed by atoms with van der Waals surface area (Å²) in [5.74, 6) is 0.0612. The smallest absolute Gasteiger partial charge is 0.240 e. The third-order valence-electron chi connectivity index (χ3n) is 4.00. The maximum Gasteiger partial charge on any atom is 0.240 e. The van der Waals surface area contributed by atoms with Gasteiger partial charge in [0.2, 0.25) is 15.9 Å². The Morgan fingerprint density at radius 3 is 2.40 bits per heavy atom. The number of hydrogen-bond donors (Lipinski definition) is 1. The lowest BCUT2D eigenvalue weighted by Crippen LogP contribution is -2.25. The van der Waals surface area contributed by atoms with E-state index in [1.54, 1.807) is 35.2 Å². The van der Waals surface area contributed by atoms with Crippen molar-refractivity contribution >= 4 is 44.8 Å². The number of carbonyl (C=O) groups excluding carboxylic acids is 1. The molecular weight excluding hydrogens is 383 g/mol. The summed E-state index contributed by atoms with van der Waals surface area (Å²) in [5, 5.41) is 0.891. The molecule has 1 fully saturated rings. The van der Waals surface area contributed by atoms with Gasteiger partial charge in [0.15, 0.2) is 0 Å². The molecule has 0 unspecified atom stereocenters. The van der Waals surface area contributed by atoms with Crippen LogP contribution in [0, 0.1) is 0 Å². The van der Waals surface area contributed by atoms with Crippen molar-refractivity contribution in [1.29, 1.82) is 0 Å². The summed E-state index contributed by atoms with van der Waals surface area (Å²) >= 11 is 11.9. The number of amides is 1. The second-order valence-electron chi connectivity index (χ2n) is 5.70. The third kappa shape index (κ3) is 4.15. The summed E-state index contributed by atoms with van der Waals surface area (Å²) in [6.07, 6.45) is 1.35. The maximum absolute atomic E-state index is 12.4. The third-order valence-corrected chi connectivity index (χ3v) is 6.00. The fourth-order valence-corrected chi connectivity index (χ4v) is 4.13. The largest absolute Gasteiger partial charge is 0.312 e. The second kappa shape index (κ2) is 7.33. The number of hydrogen-bond acceptors (Lipinski definition) is 3. The highest BCUT2D eigenvalue weighted by Gasteiger charge is 2.22. The van der Waals surface area contributed by atoms with Crippen LogP contribution in [0.4, 0.5) is 5.69 Å². The Labute approximate surface area is 156 Å².